The van der Waals surface area contributed by atoms with Crippen molar-refractivity contribution in [2.75, 3.05) is 5.32 Å². The van der Waals surface area contributed by atoms with Crippen molar-refractivity contribution in [2.45, 2.75) is 51.1 Å². The fraction of sp³-hybridized carbons (Fsp3) is 0.750. The summed E-state index contributed by atoms with van der Waals surface area (Å²) < 4.78 is 2.35. The van der Waals surface area contributed by atoms with Crippen LogP contribution in [0.15, 0.2) is 12.4 Å². The maximum atomic E-state index is 4.42. The molecule has 1 aromatic heterocycles. The van der Waals surface area contributed by atoms with Crippen molar-refractivity contribution in [2.24, 2.45) is 5.92 Å². The van der Waals surface area contributed by atoms with Gasteiger partial charge in [-0.1, -0.05) is 6.92 Å². The molecule has 2 aliphatic carbocycles. The molecule has 82 valence electrons. The second kappa shape index (κ2) is 3.54. The summed E-state index contributed by atoms with van der Waals surface area (Å²) in [4.78, 5) is 4.42. The Bertz CT molecular complexity index is 340. The molecule has 1 N–H and O–H groups in total. The van der Waals surface area contributed by atoms with Gasteiger partial charge < -0.3 is 9.88 Å². The first-order chi connectivity index (χ1) is 7.33. The summed E-state index contributed by atoms with van der Waals surface area (Å²) in [5.41, 5.74) is 0. The summed E-state index contributed by atoms with van der Waals surface area (Å²) in [6, 6.07) is 1.38. The highest BCUT2D eigenvalue weighted by Crippen LogP contribution is 2.36. The lowest BCUT2D eigenvalue weighted by Gasteiger charge is -2.15. The zero-order chi connectivity index (χ0) is 10.3. The van der Waals surface area contributed by atoms with E-state index in [1.54, 1.807) is 0 Å². The predicted octanol–water partition coefficient (Wildman–Crippen LogP) is 2.82. The number of anilines is 1. The smallest absolute Gasteiger partial charge is 0.203 e. The predicted molar refractivity (Wildman–Crippen MR) is 60.9 cm³/mol. The summed E-state index contributed by atoms with van der Waals surface area (Å²) >= 11 is 0. The van der Waals surface area contributed by atoms with E-state index >= 15 is 0 Å². The van der Waals surface area contributed by atoms with Crippen LogP contribution in [-0.2, 0) is 0 Å². The van der Waals surface area contributed by atoms with Crippen molar-refractivity contribution in [3.05, 3.63) is 12.4 Å². The number of rotatable bonds is 3. The molecule has 0 saturated heterocycles. The third-order valence-electron chi connectivity index (χ3n) is 3.64. The Balaban J connectivity index is 1.75. The molecule has 2 atom stereocenters. The Hall–Kier alpha value is -0.990. The topological polar surface area (TPSA) is 29.9 Å². The Morgan fingerprint density at radius 2 is 2.20 bits per heavy atom. The number of imidazole rings is 1. The minimum absolute atomic E-state index is 0.684. The third-order valence-corrected chi connectivity index (χ3v) is 3.64. The molecule has 2 aliphatic rings. The van der Waals surface area contributed by atoms with Gasteiger partial charge in [0, 0.05) is 24.5 Å². The lowest BCUT2D eigenvalue weighted by molar-refractivity contribution is 0.497. The summed E-state index contributed by atoms with van der Waals surface area (Å²) in [6.45, 7) is 2.35. The van der Waals surface area contributed by atoms with E-state index in [0.29, 0.717) is 12.1 Å². The van der Waals surface area contributed by atoms with Crippen LogP contribution in [0.4, 0.5) is 5.95 Å². The molecule has 3 rings (SSSR count). The molecule has 3 nitrogen and oxygen atoms in total. The van der Waals surface area contributed by atoms with Crippen molar-refractivity contribution in [3.8, 4) is 0 Å². The van der Waals surface area contributed by atoms with Crippen LogP contribution in [0.25, 0.3) is 0 Å². The molecule has 2 fully saturated rings. The van der Waals surface area contributed by atoms with Crippen LogP contribution in [0, 0.1) is 5.92 Å². The zero-order valence-electron chi connectivity index (χ0n) is 9.32. The maximum Gasteiger partial charge on any atom is 0.203 e. The molecule has 0 amide bonds. The van der Waals surface area contributed by atoms with Gasteiger partial charge >= 0.3 is 0 Å². The second-order valence-electron chi connectivity index (χ2n) is 5.15. The van der Waals surface area contributed by atoms with E-state index in [1.165, 1.54) is 32.1 Å². The lowest BCUT2D eigenvalue weighted by atomic mass is 10.1. The molecule has 3 heteroatoms. The Kier molecular flexibility index (Phi) is 2.19. The first-order valence-corrected chi connectivity index (χ1v) is 6.12. The summed E-state index contributed by atoms with van der Waals surface area (Å²) in [6.07, 6.45) is 10.7. The molecule has 2 unspecified atom stereocenters. The fourth-order valence-corrected chi connectivity index (χ4v) is 2.56. The quantitative estimate of drug-likeness (QED) is 0.822. The molecule has 15 heavy (non-hydrogen) atoms. The van der Waals surface area contributed by atoms with Gasteiger partial charge in [-0.25, -0.2) is 4.98 Å². The van der Waals surface area contributed by atoms with Crippen molar-refractivity contribution >= 4 is 5.95 Å². The summed E-state index contributed by atoms with van der Waals surface area (Å²) in [5, 5.41) is 3.51. The number of nitrogens with zero attached hydrogens (tertiary/aromatic N) is 2. The number of hydrogen-bond acceptors (Lipinski definition) is 2. The van der Waals surface area contributed by atoms with Crippen LogP contribution in [0.5, 0.6) is 0 Å². The normalized spacial score (nSPS) is 30.7. The fourth-order valence-electron chi connectivity index (χ4n) is 2.56. The van der Waals surface area contributed by atoms with Crippen LogP contribution >= 0.6 is 0 Å². The Labute approximate surface area is 90.9 Å². The van der Waals surface area contributed by atoms with Crippen LogP contribution in [0.2, 0.25) is 0 Å². The summed E-state index contributed by atoms with van der Waals surface area (Å²) in [5.74, 6) is 1.97. The highest BCUT2D eigenvalue weighted by Gasteiger charge is 2.27. The van der Waals surface area contributed by atoms with Gasteiger partial charge in [-0.3, -0.25) is 0 Å². The van der Waals surface area contributed by atoms with E-state index in [4.69, 9.17) is 0 Å². The van der Waals surface area contributed by atoms with Gasteiger partial charge in [-0.15, -0.1) is 0 Å². The molecular formula is C12H19N3. The van der Waals surface area contributed by atoms with Gasteiger partial charge in [0.2, 0.25) is 5.95 Å². The SMILES string of the molecule is CC1CCC(n2ccnc2NC2CC2)C1. The van der Waals surface area contributed by atoms with Gasteiger partial charge in [0.15, 0.2) is 0 Å². The van der Waals surface area contributed by atoms with Gasteiger partial charge in [0.25, 0.3) is 0 Å². The maximum absolute atomic E-state index is 4.42. The average molecular weight is 205 g/mol. The zero-order valence-corrected chi connectivity index (χ0v) is 9.32. The highest BCUT2D eigenvalue weighted by molar-refractivity contribution is 5.30. The van der Waals surface area contributed by atoms with E-state index in [-0.39, 0.29) is 0 Å². The van der Waals surface area contributed by atoms with Crippen molar-refractivity contribution in [1.82, 2.24) is 9.55 Å². The molecule has 0 bridgehead atoms. The molecule has 0 spiro atoms. The molecule has 0 radical (unpaired) electrons. The van der Waals surface area contributed by atoms with Gasteiger partial charge in [0.05, 0.1) is 0 Å². The van der Waals surface area contributed by atoms with E-state index in [1.807, 2.05) is 6.20 Å². The minimum atomic E-state index is 0.684. The third kappa shape index (κ3) is 1.87. The van der Waals surface area contributed by atoms with Gasteiger partial charge in [0.1, 0.15) is 0 Å². The minimum Gasteiger partial charge on any atom is -0.353 e. The van der Waals surface area contributed by atoms with Crippen molar-refractivity contribution < 1.29 is 0 Å². The van der Waals surface area contributed by atoms with Crippen LogP contribution in [0.3, 0.4) is 0 Å². The largest absolute Gasteiger partial charge is 0.353 e. The molecule has 2 saturated carbocycles. The van der Waals surface area contributed by atoms with E-state index in [2.05, 4.69) is 28.0 Å². The second-order valence-corrected chi connectivity index (χ2v) is 5.15. The number of hydrogen-bond donors (Lipinski definition) is 1. The molecular weight excluding hydrogens is 186 g/mol. The monoisotopic (exact) mass is 205 g/mol. The number of nitrogens with one attached hydrogen (secondary N) is 1. The van der Waals surface area contributed by atoms with E-state index in [9.17, 15) is 0 Å². The molecule has 1 aromatic rings. The Morgan fingerprint density at radius 3 is 2.87 bits per heavy atom. The molecule has 0 aliphatic heterocycles. The first kappa shape index (κ1) is 9.25. The first-order valence-electron chi connectivity index (χ1n) is 6.12. The Morgan fingerprint density at radius 1 is 1.33 bits per heavy atom. The van der Waals surface area contributed by atoms with Crippen LogP contribution in [0.1, 0.15) is 45.1 Å². The summed E-state index contributed by atoms with van der Waals surface area (Å²) in [7, 11) is 0. The average Bonchev–Trinajstić information content (AvgIpc) is 2.73. The van der Waals surface area contributed by atoms with Crippen molar-refractivity contribution in [1.29, 1.82) is 0 Å². The van der Waals surface area contributed by atoms with Crippen LogP contribution in [-0.4, -0.2) is 15.6 Å². The standard InChI is InChI=1S/C12H19N3/c1-9-2-5-11(8-9)15-7-6-13-12(15)14-10-3-4-10/h6-7,9-11H,2-5,8H2,1H3,(H,13,14). The van der Waals surface area contributed by atoms with Gasteiger partial charge in [-0.05, 0) is 38.0 Å². The number of aromatic nitrogens is 2. The van der Waals surface area contributed by atoms with E-state index in [0.717, 1.165) is 11.9 Å². The molecule has 1 heterocycles. The van der Waals surface area contributed by atoms with E-state index < -0.39 is 0 Å². The van der Waals surface area contributed by atoms with Crippen molar-refractivity contribution in [3.63, 3.8) is 0 Å². The van der Waals surface area contributed by atoms with Crippen LogP contribution < -0.4 is 5.32 Å². The van der Waals surface area contributed by atoms with Gasteiger partial charge in [-0.2, -0.15) is 0 Å². The molecule has 0 aromatic carbocycles. The lowest BCUT2D eigenvalue weighted by Crippen LogP contribution is -2.12. The highest BCUT2D eigenvalue weighted by atomic mass is 15.2.